The highest BCUT2D eigenvalue weighted by Gasteiger charge is 2.36. The van der Waals surface area contributed by atoms with Crippen LogP contribution in [-0.4, -0.2) is 41.0 Å². The zero-order valence-corrected chi connectivity index (χ0v) is 20.2. The standard InChI is InChI=1S/C27H31ClN4O2/c1-2-34-25-10-8-20(9-11-25)16-30-24-14-26(27(33)31-17-22-6-4-12-29-15-22)32(19-24)18-21-5-3-7-23(28)13-21/h3-13,15,24,26,30H,2,14,16-19H2,1H3,(H,31,33)/t24-,26-/m0/s1. The molecule has 1 saturated heterocycles. The van der Waals surface area contributed by atoms with Crippen LogP contribution in [0, 0.1) is 0 Å². The lowest BCUT2D eigenvalue weighted by Gasteiger charge is -2.23. The first kappa shape index (κ1) is 24.2. The Morgan fingerprint density at radius 3 is 2.65 bits per heavy atom. The maximum absolute atomic E-state index is 13.2. The van der Waals surface area contributed by atoms with Gasteiger partial charge >= 0.3 is 0 Å². The van der Waals surface area contributed by atoms with E-state index in [1.807, 2.05) is 49.4 Å². The Balaban J connectivity index is 1.39. The number of carbonyl (C=O) groups excluding carboxylic acids is 1. The lowest BCUT2D eigenvalue weighted by Crippen LogP contribution is -2.42. The van der Waals surface area contributed by atoms with Crippen molar-refractivity contribution in [3.63, 3.8) is 0 Å². The SMILES string of the molecule is CCOc1ccc(CN[C@H]2C[C@@H](C(=O)NCc3cccnc3)N(Cc3cccc(Cl)c3)C2)cc1. The first-order valence-electron chi connectivity index (χ1n) is 11.7. The molecule has 178 valence electrons. The first-order chi connectivity index (χ1) is 16.6. The molecule has 2 atom stereocenters. The van der Waals surface area contributed by atoms with Crippen LogP contribution < -0.4 is 15.4 Å². The summed E-state index contributed by atoms with van der Waals surface area (Å²) in [5.74, 6) is 0.918. The van der Waals surface area contributed by atoms with Gasteiger partial charge < -0.3 is 15.4 Å². The third-order valence-electron chi connectivity index (χ3n) is 6.00. The van der Waals surface area contributed by atoms with Crippen molar-refractivity contribution in [2.45, 2.75) is 45.1 Å². The summed E-state index contributed by atoms with van der Waals surface area (Å²) in [6, 6.07) is 19.8. The molecule has 0 radical (unpaired) electrons. The fourth-order valence-electron chi connectivity index (χ4n) is 4.31. The molecule has 34 heavy (non-hydrogen) atoms. The molecule has 0 unspecified atom stereocenters. The van der Waals surface area contributed by atoms with Gasteiger partial charge in [0.05, 0.1) is 12.6 Å². The monoisotopic (exact) mass is 478 g/mol. The number of hydrogen-bond acceptors (Lipinski definition) is 5. The van der Waals surface area contributed by atoms with Crippen LogP contribution in [0.3, 0.4) is 0 Å². The van der Waals surface area contributed by atoms with Gasteiger partial charge in [0.2, 0.25) is 5.91 Å². The van der Waals surface area contributed by atoms with E-state index in [9.17, 15) is 4.79 Å². The van der Waals surface area contributed by atoms with Gasteiger partial charge in [0.15, 0.2) is 0 Å². The molecule has 1 aromatic heterocycles. The van der Waals surface area contributed by atoms with Crippen molar-refractivity contribution in [1.29, 1.82) is 0 Å². The smallest absolute Gasteiger partial charge is 0.237 e. The molecule has 7 heteroatoms. The van der Waals surface area contributed by atoms with Crippen LogP contribution in [-0.2, 0) is 24.4 Å². The van der Waals surface area contributed by atoms with Crippen molar-refractivity contribution in [1.82, 2.24) is 20.5 Å². The number of aromatic nitrogens is 1. The van der Waals surface area contributed by atoms with Gasteiger partial charge in [0.25, 0.3) is 0 Å². The Morgan fingerprint density at radius 2 is 1.91 bits per heavy atom. The first-order valence-corrected chi connectivity index (χ1v) is 12.1. The molecule has 2 aromatic carbocycles. The van der Waals surface area contributed by atoms with E-state index in [0.717, 1.165) is 36.4 Å². The van der Waals surface area contributed by atoms with Crippen LogP contribution in [0.15, 0.2) is 73.1 Å². The van der Waals surface area contributed by atoms with Crippen LogP contribution in [0.25, 0.3) is 0 Å². The van der Waals surface area contributed by atoms with Crippen molar-refractivity contribution in [2.24, 2.45) is 0 Å². The number of hydrogen-bond donors (Lipinski definition) is 2. The van der Waals surface area contributed by atoms with E-state index < -0.39 is 0 Å². The predicted molar refractivity (Wildman–Crippen MR) is 135 cm³/mol. The van der Waals surface area contributed by atoms with Crippen molar-refractivity contribution in [3.05, 3.63) is 94.8 Å². The summed E-state index contributed by atoms with van der Waals surface area (Å²) in [4.78, 5) is 19.5. The minimum absolute atomic E-state index is 0.0382. The molecule has 1 fully saturated rings. The van der Waals surface area contributed by atoms with E-state index in [1.165, 1.54) is 5.56 Å². The average molecular weight is 479 g/mol. The largest absolute Gasteiger partial charge is 0.494 e. The van der Waals surface area contributed by atoms with Crippen LogP contribution in [0.1, 0.15) is 30.0 Å². The number of halogens is 1. The molecule has 2 heterocycles. The van der Waals surface area contributed by atoms with Crippen LogP contribution in [0.5, 0.6) is 5.75 Å². The van der Waals surface area contributed by atoms with Gasteiger partial charge in [-0.25, -0.2) is 0 Å². The third-order valence-corrected chi connectivity index (χ3v) is 6.23. The van der Waals surface area contributed by atoms with E-state index in [0.29, 0.717) is 24.7 Å². The van der Waals surface area contributed by atoms with Gasteiger partial charge in [-0.2, -0.15) is 0 Å². The second kappa shape index (κ2) is 12.0. The Hall–Kier alpha value is -2.93. The van der Waals surface area contributed by atoms with Crippen molar-refractivity contribution < 1.29 is 9.53 Å². The lowest BCUT2D eigenvalue weighted by molar-refractivity contribution is -0.125. The average Bonchev–Trinajstić information content (AvgIpc) is 3.25. The number of pyridine rings is 1. The molecule has 6 nitrogen and oxygen atoms in total. The number of benzene rings is 2. The van der Waals surface area contributed by atoms with Gasteiger partial charge in [0.1, 0.15) is 5.75 Å². The summed E-state index contributed by atoms with van der Waals surface area (Å²) >= 11 is 6.20. The van der Waals surface area contributed by atoms with Crippen molar-refractivity contribution in [3.8, 4) is 5.75 Å². The number of ether oxygens (including phenoxy) is 1. The van der Waals surface area contributed by atoms with E-state index in [1.54, 1.807) is 12.4 Å². The summed E-state index contributed by atoms with van der Waals surface area (Å²) in [5.41, 5.74) is 3.28. The Bertz CT molecular complexity index is 1060. The summed E-state index contributed by atoms with van der Waals surface area (Å²) in [6.45, 7) is 5.31. The molecule has 1 aliphatic heterocycles. The quantitative estimate of drug-likeness (QED) is 0.457. The molecule has 1 aliphatic rings. The molecular formula is C27H31ClN4O2. The van der Waals surface area contributed by atoms with Gasteiger partial charge in [-0.1, -0.05) is 41.9 Å². The van der Waals surface area contributed by atoms with Crippen molar-refractivity contribution >= 4 is 17.5 Å². The van der Waals surface area contributed by atoms with E-state index in [-0.39, 0.29) is 18.0 Å². The summed E-state index contributed by atoms with van der Waals surface area (Å²) in [6.07, 6.45) is 4.26. The fraction of sp³-hybridized carbons (Fsp3) is 0.333. The molecule has 0 aliphatic carbocycles. The molecule has 1 amide bonds. The van der Waals surface area contributed by atoms with E-state index >= 15 is 0 Å². The zero-order chi connectivity index (χ0) is 23.8. The Kier molecular flexibility index (Phi) is 8.52. The highest BCUT2D eigenvalue weighted by Crippen LogP contribution is 2.23. The number of nitrogens with one attached hydrogen (secondary N) is 2. The third kappa shape index (κ3) is 6.79. The predicted octanol–water partition coefficient (Wildman–Crippen LogP) is 4.18. The van der Waals surface area contributed by atoms with E-state index in [2.05, 4.69) is 38.7 Å². The number of amides is 1. The van der Waals surface area contributed by atoms with Crippen LogP contribution in [0.2, 0.25) is 5.02 Å². The Labute approximate surface area is 206 Å². The maximum atomic E-state index is 13.2. The summed E-state index contributed by atoms with van der Waals surface area (Å²) in [7, 11) is 0. The fourth-order valence-corrected chi connectivity index (χ4v) is 4.52. The maximum Gasteiger partial charge on any atom is 0.237 e. The molecule has 4 rings (SSSR count). The van der Waals surface area contributed by atoms with Gasteiger partial charge in [-0.3, -0.25) is 14.7 Å². The molecule has 3 aromatic rings. The molecule has 2 N–H and O–H groups in total. The normalized spacial score (nSPS) is 18.1. The number of rotatable bonds is 10. The second-order valence-corrected chi connectivity index (χ2v) is 8.98. The van der Waals surface area contributed by atoms with Gasteiger partial charge in [-0.05, 0) is 60.4 Å². The number of carbonyl (C=O) groups is 1. The number of likely N-dealkylation sites (tertiary alicyclic amines) is 1. The molecular weight excluding hydrogens is 448 g/mol. The summed E-state index contributed by atoms with van der Waals surface area (Å²) in [5, 5.41) is 7.44. The lowest BCUT2D eigenvalue weighted by atomic mass is 10.1. The summed E-state index contributed by atoms with van der Waals surface area (Å²) < 4.78 is 5.53. The van der Waals surface area contributed by atoms with Crippen molar-refractivity contribution in [2.75, 3.05) is 13.2 Å². The van der Waals surface area contributed by atoms with Crippen LogP contribution >= 0.6 is 11.6 Å². The minimum Gasteiger partial charge on any atom is -0.494 e. The number of nitrogens with zero attached hydrogens (tertiary/aromatic N) is 2. The van der Waals surface area contributed by atoms with Gasteiger partial charge in [0, 0.05) is 49.6 Å². The molecule has 0 saturated carbocycles. The highest BCUT2D eigenvalue weighted by atomic mass is 35.5. The zero-order valence-electron chi connectivity index (χ0n) is 19.4. The second-order valence-electron chi connectivity index (χ2n) is 8.54. The minimum atomic E-state index is -0.214. The molecule has 0 spiro atoms. The highest BCUT2D eigenvalue weighted by molar-refractivity contribution is 6.30. The van der Waals surface area contributed by atoms with E-state index in [4.69, 9.17) is 16.3 Å². The topological polar surface area (TPSA) is 66.5 Å². The van der Waals surface area contributed by atoms with Gasteiger partial charge in [-0.15, -0.1) is 0 Å². The molecule has 0 bridgehead atoms. The Morgan fingerprint density at radius 1 is 1.09 bits per heavy atom. The van der Waals surface area contributed by atoms with Crippen LogP contribution in [0.4, 0.5) is 0 Å².